The average Bonchev–Trinajstić information content (AvgIpc) is 2.14. The number of nitrogen functional groups attached to an aromatic ring is 1. The molecule has 14 heavy (non-hydrogen) atoms. The fourth-order valence-electron chi connectivity index (χ4n) is 1.01. The summed E-state index contributed by atoms with van der Waals surface area (Å²) in [6, 6.07) is 1.96. The van der Waals surface area contributed by atoms with Gasteiger partial charge in [-0.15, -0.1) is 0 Å². The zero-order valence-corrected chi connectivity index (χ0v) is 7.50. The SMILES string of the molecule is Nc1cc(F)c(F)cc1C=CCCO. The molecule has 0 atom stereocenters. The van der Waals surface area contributed by atoms with Crippen molar-refractivity contribution in [1.29, 1.82) is 0 Å². The van der Waals surface area contributed by atoms with Crippen LogP contribution in [0.4, 0.5) is 14.5 Å². The lowest BCUT2D eigenvalue weighted by Crippen LogP contribution is -1.94. The molecule has 4 heteroatoms. The molecule has 0 radical (unpaired) electrons. The van der Waals surface area contributed by atoms with Crippen LogP contribution in [-0.4, -0.2) is 11.7 Å². The minimum Gasteiger partial charge on any atom is -0.398 e. The predicted molar refractivity (Wildman–Crippen MR) is 51.5 cm³/mol. The molecule has 1 aromatic carbocycles. The molecule has 2 nitrogen and oxygen atoms in total. The Morgan fingerprint density at radius 3 is 2.57 bits per heavy atom. The van der Waals surface area contributed by atoms with Gasteiger partial charge in [0, 0.05) is 23.9 Å². The summed E-state index contributed by atoms with van der Waals surface area (Å²) in [5.41, 5.74) is 6.05. The van der Waals surface area contributed by atoms with Gasteiger partial charge in [0.1, 0.15) is 0 Å². The first-order valence-electron chi connectivity index (χ1n) is 4.17. The first kappa shape index (κ1) is 10.7. The number of aliphatic hydroxyl groups is 1. The Morgan fingerprint density at radius 2 is 1.93 bits per heavy atom. The smallest absolute Gasteiger partial charge is 0.160 e. The normalized spacial score (nSPS) is 11.1. The van der Waals surface area contributed by atoms with Crippen LogP contribution >= 0.6 is 0 Å². The minimum absolute atomic E-state index is 0.0140. The molecule has 0 unspecified atom stereocenters. The van der Waals surface area contributed by atoms with Gasteiger partial charge in [-0.3, -0.25) is 0 Å². The van der Waals surface area contributed by atoms with Gasteiger partial charge < -0.3 is 10.8 Å². The number of rotatable bonds is 3. The third kappa shape index (κ3) is 2.53. The summed E-state index contributed by atoms with van der Waals surface area (Å²) in [6.07, 6.45) is 3.65. The monoisotopic (exact) mass is 199 g/mol. The molecule has 0 aromatic heterocycles. The van der Waals surface area contributed by atoms with Gasteiger partial charge in [-0.1, -0.05) is 12.2 Å². The molecular weight excluding hydrogens is 188 g/mol. The Kier molecular flexibility index (Phi) is 3.59. The van der Waals surface area contributed by atoms with Crippen molar-refractivity contribution in [3.63, 3.8) is 0 Å². The highest BCUT2D eigenvalue weighted by molar-refractivity contribution is 5.64. The summed E-state index contributed by atoms with van der Waals surface area (Å²) in [4.78, 5) is 0. The molecule has 76 valence electrons. The highest BCUT2D eigenvalue weighted by atomic mass is 19.2. The quantitative estimate of drug-likeness (QED) is 0.731. The number of nitrogens with two attached hydrogens (primary N) is 1. The van der Waals surface area contributed by atoms with E-state index in [2.05, 4.69) is 0 Å². The molecule has 1 aromatic rings. The summed E-state index contributed by atoms with van der Waals surface area (Å²) in [6.45, 7) is 0.0140. The van der Waals surface area contributed by atoms with Crippen LogP contribution in [0.15, 0.2) is 18.2 Å². The van der Waals surface area contributed by atoms with Crippen molar-refractivity contribution in [1.82, 2.24) is 0 Å². The van der Waals surface area contributed by atoms with Gasteiger partial charge in [0.2, 0.25) is 0 Å². The van der Waals surface area contributed by atoms with Gasteiger partial charge in [-0.05, 0) is 12.5 Å². The Labute approximate surface area is 80.7 Å². The fraction of sp³-hybridized carbons (Fsp3) is 0.200. The van der Waals surface area contributed by atoms with Gasteiger partial charge in [0.05, 0.1) is 0 Å². The van der Waals surface area contributed by atoms with Crippen LogP contribution in [-0.2, 0) is 0 Å². The topological polar surface area (TPSA) is 46.2 Å². The van der Waals surface area contributed by atoms with Crippen molar-refractivity contribution in [3.05, 3.63) is 35.4 Å². The van der Waals surface area contributed by atoms with E-state index in [0.29, 0.717) is 12.0 Å². The van der Waals surface area contributed by atoms with Crippen LogP contribution < -0.4 is 5.73 Å². The second kappa shape index (κ2) is 4.72. The molecule has 0 aliphatic carbocycles. The summed E-state index contributed by atoms with van der Waals surface area (Å²) in [5.74, 6) is -1.88. The Bertz CT molecular complexity index is 350. The van der Waals surface area contributed by atoms with Crippen molar-refractivity contribution in [3.8, 4) is 0 Å². The first-order chi connectivity index (χ1) is 6.65. The molecule has 0 spiro atoms. The van der Waals surface area contributed by atoms with E-state index in [4.69, 9.17) is 10.8 Å². The molecule has 0 bridgehead atoms. The maximum Gasteiger partial charge on any atom is 0.160 e. The van der Waals surface area contributed by atoms with E-state index in [0.717, 1.165) is 12.1 Å². The summed E-state index contributed by atoms with van der Waals surface area (Å²) in [5, 5.41) is 8.50. The zero-order valence-electron chi connectivity index (χ0n) is 7.50. The van der Waals surface area contributed by atoms with E-state index < -0.39 is 11.6 Å². The molecule has 3 N–H and O–H groups in total. The maximum absolute atomic E-state index is 12.8. The molecule has 0 saturated carbocycles. The lowest BCUT2D eigenvalue weighted by atomic mass is 10.1. The van der Waals surface area contributed by atoms with Crippen molar-refractivity contribution in [2.24, 2.45) is 0 Å². The molecule has 0 heterocycles. The maximum atomic E-state index is 12.8. The second-order valence-electron chi connectivity index (χ2n) is 2.81. The molecule has 0 aliphatic rings. The Hall–Kier alpha value is -1.42. The Balaban J connectivity index is 2.92. The van der Waals surface area contributed by atoms with E-state index in [1.807, 2.05) is 0 Å². The first-order valence-corrected chi connectivity index (χ1v) is 4.17. The van der Waals surface area contributed by atoms with Crippen LogP contribution in [0.25, 0.3) is 6.08 Å². The van der Waals surface area contributed by atoms with Crippen LogP contribution in [0.5, 0.6) is 0 Å². The van der Waals surface area contributed by atoms with E-state index in [-0.39, 0.29) is 12.3 Å². The second-order valence-corrected chi connectivity index (χ2v) is 2.81. The van der Waals surface area contributed by atoms with Crippen molar-refractivity contribution in [2.45, 2.75) is 6.42 Å². The van der Waals surface area contributed by atoms with Crippen LogP contribution in [0, 0.1) is 11.6 Å². The zero-order chi connectivity index (χ0) is 10.6. The van der Waals surface area contributed by atoms with Gasteiger partial charge in [0.15, 0.2) is 11.6 Å². The van der Waals surface area contributed by atoms with Gasteiger partial charge in [-0.25, -0.2) is 8.78 Å². The lowest BCUT2D eigenvalue weighted by Gasteiger charge is -2.01. The van der Waals surface area contributed by atoms with Crippen molar-refractivity contribution in [2.75, 3.05) is 12.3 Å². The molecule has 1 rings (SSSR count). The van der Waals surface area contributed by atoms with Gasteiger partial charge >= 0.3 is 0 Å². The number of aliphatic hydroxyl groups excluding tert-OH is 1. The van der Waals surface area contributed by atoms with Crippen LogP contribution in [0.1, 0.15) is 12.0 Å². The molecule has 0 fully saturated rings. The van der Waals surface area contributed by atoms with Gasteiger partial charge in [0.25, 0.3) is 0 Å². The van der Waals surface area contributed by atoms with Crippen molar-refractivity contribution < 1.29 is 13.9 Å². The van der Waals surface area contributed by atoms with E-state index >= 15 is 0 Å². The van der Waals surface area contributed by atoms with Crippen LogP contribution in [0.3, 0.4) is 0 Å². The number of anilines is 1. The minimum atomic E-state index is -0.957. The highest BCUT2D eigenvalue weighted by Gasteiger charge is 2.04. The van der Waals surface area contributed by atoms with Crippen LogP contribution in [0.2, 0.25) is 0 Å². The molecule has 0 amide bonds. The number of hydrogen-bond acceptors (Lipinski definition) is 2. The number of benzene rings is 1. The summed E-state index contributed by atoms with van der Waals surface area (Å²) < 4.78 is 25.4. The summed E-state index contributed by atoms with van der Waals surface area (Å²) >= 11 is 0. The molecule has 0 saturated heterocycles. The van der Waals surface area contributed by atoms with Crippen molar-refractivity contribution >= 4 is 11.8 Å². The largest absolute Gasteiger partial charge is 0.398 e. The Morgan fingerprint density at radius 1 is 1.29 bits per heavy atom. The summed E-state index contributed by atoms with van der Waals surface area (Å²) in [7, 11) is 0. The standard InChI is InChI=1S/C10H11F2NO/c11-8-5-7(3-1-2-4-14)10(13)6-9(8)12/h1,3,5-6,14H,2,4,13H2. The fourth-order valence-corrected chi connectivity index (χ4v) is 1.01. The number of hydrogen-bond donors (Lipinski definition) is 2. The molecular formula is C10H11F2NO. The van der Waals surface area contributed by atoms with Gasteiger partial charge in [-0.2, -0.15) is 0 Å². The highest BCUT2D eigenvalue weighted by Crippen LogP contribution is 2.18. The lowest BCUT2D eigenvalue weighted by molar-refractivity contribution is 0.303. The average molecular weight is 199 g/mol. The molecule has 0 aliphatic heterocycles. The van der Waals surface area contributed by atoms with E-state index in [1.54, 1.807) is 12.2 Å². The van der Waals surface area contributed by atoms with E-state index in [9.17, 15) is 8.78 Å². The number of halogens is 2. The van der Waals surface area contributed by atoms with E-state index in [1.165, 1.54) is 0 Å². The third-order valence-electron chi connectivity index (χ3n) is 1.72. The third-order valence-corrected chi connectivity index (χ3v) is 1.72. The predicted octanol–water partition coefficient (Wildman–Crippen LogP) is 1.94.